The highest BCUT2D eigenvalue weighted by atomic mass is 35.5. The molecule has 2 fully saturated rings. The number of benzene rings is 1. The fourth-order valence-corrected chi connectivity index (χ4v) is 4.52. The summed E-state index contributed by atoms with van der Waals surface area (Å²) in [4.78, 5) is 19.6. The van der Waals surface area contributed by atoms with Crippen molar-refractivity contribution in [1.82, 2.24) is 19.8 Å². The lowest BCUT2D eigenvalue weighted by Gasteiger charge is -2.46. The van der Waals surface area contributed by atoms with Crippen LogP contribution >= 0.6 is 11.6 Å². The maximum Gasteiger partial charge on any atom is 0.231 e. The van der Waals surface area contributed by atoms with Crippen molar-refractivity contribution in [1.29, 1.82) is 0 Å². The molecule has 150 valence electrons. The summed E-state index contributed by atoms with van der Waals surface area (Å²) in [5.74, 6) is 1.06. The van der Waals surface area contributed by atoms with Crippen LogP contribution < -0.4 is 5.32 Å². The lowest BCUT2D eigenvalue weighted by molar-refractivity contribution is -0.147. The van der Waals surface area contributed by atoms with Crippen molar-refractivity contribution in [2.45, 2.75) is 25.4 Å². The van der Waals surface area contributed by atoms with E-state index in [0.717, 1.165) is 24.8 Å². The Morgan fingerprint density at radius 2 is 2.00 bits per heavy atom. The van der Waals surface area contributed by atoms with Crippen LogP contribution in [0.2, 0.25) is 5.02 Å². The van der Waals surface area contributed by atoms with Crippen molar-refractivity contribution in [3.63, 3.8) is 0 Å². The second-order valence-electron chi connectivity index (χ2n) is 8.16. The van der Waals surface area contributed by atoms with Gasteiger partial charge in [-0.2, -0.15) is 0 Å². The van der Waals surface area contributed by atoms with Crippen molar-refractivity contribution in [2.75, 3.05) is 26.2 Å². The lowest BCUT2D eigenvalue weighted by Crippen LogP contribution is -2.63. The largest absolute Gasteiger partial charge is 0.385 e. The number of rotatable bonds is 5. The highest BCUT2D eigenvalue weighted by molar-refractivity contribution is 6.30. The number of piperidine rings is 1. The van der Waals surface area contributed by atoms with Crippen LogP contribution in [0.5, 0.6) is 0 Å². The normalized spacial score (nSPS) is 20.6. The van der Waals surface area contributed by atoms with Gasteiger partial charge in [-0.25, -0.2) is 4.98 Å². The summed E-state index contributed by atoms with van der Waals surface area (Å²) < 4.78 is 1.86. The van der Waals surface area contributed by atoms with Crippen LogP contribution in [0.25, 0.3) is 0 Å². The van der Waals surface area contributed by atoms with Crippen molar-refractivity contribution < 1.29 is 9.90 Å². The van der Waals surface area contributed by atoms with Crippen LogP contribution in [0.3, 0.4) is 0 Å². The first-order valence-electron chi connectivity index (χ1n) is 9.88. The third kappa shape index (κ3) is 3.69. The molecule has 2 aliphatic rings. The molecule has 2 saturated heterocycles. The molecule has 0 bridgehead atoms. The van der Waals surface area contributed by atoms with Gasteiger partial charge >= 0.3 is 0 Å². The van der Waals surface area contributed by atoms with Gasteiger partial charge in [0.15, 0.2) is 0 Å². The molecular formula is C21H27ClN4O2. The van der Waals surface area contributed by atoms with E-state index in [0.29, 0.717) is 37.0 Å². The molecule has 6 nitrogen and oxygen atoms in total. The molecule has 4 rings (SSSR count). The number of likely N-dealkylation sites (tertiary alicyclic amines) is 1. The molecule has 0 spiro atoms. The summed E-state index contributed by atoms with van der Waals surface area (Å²) in [5.41, 5.74) is 0.776. The number of hydrogen-bond acceptors (Lipinski definition) is 4. The second kappa shape index (κ2) is 7.85. The predicted molar refractivity (Wildman–Crippen MR) is 108 cm³/mol. The fraction of sp³-hybridized carbons (Fsp3) is 0.524. The molecule has 0 saturated carbocycles. The van der Waals surface area contributed by atoms with Gasteiger partial charge in [0.2, 0.25) is 5.91 Å². The molecule has 2 N–H and O–H groups in total. The number of nitrogens with zero attached hydrogens (tertiary/aromatic N) is 3. The van der Waals surface area contributed by atoms with E-state index < -0.39 is 6.10 Å². The first kappa shape index (κ1) is 19.4. The Hall–Kier alpha value is -1.89. The number of carbonyl (C=O) groups excluding carboxylic acids is 1. The number of nitrogens with one attached hydrogen (secondary N) is 1. The predicted octanol–water partition coefficient (Wildman–Crippen LogP) is 2.18. The molecular weight excluding hydrogens is 376 g/mol. The average Bonchev–Trinajstić information content (AvgIpc) is 3.11. The smallest absolute Gasteiger partial charge is 0.231 e. The van der Waals surface area contributed by atoms with Crippen LogP contribution in [0, 0.1) is 11.3 Å². The zero-order chi connectivity index (χ0) is 19.7. The van der Waals surface area contributed by atoms with Gasteiger partial charge in [-0.1, -0.05) is 23.7 Å². The van der Waals surface area contributed by atoms with Gasteiger partial charge in [0.1, 0.15) is 11.9 Å². The van der Waals surface area contributed by atoms with Gasteiger partial charge in [0, 0.05) is 50.6 Å². The fourth-order valence-electron chi connectivity index (χ4n) is 4.40. The summed E-state index contributed by atoms with van der Waals surface area (Å²) in [6, 6.07) is 7.77. The quantitative estimate of drug-likeness (QED) is 0.804. The zero-order valence-corrected chi connectivity index (χ0v) is 16.9. The Bertz CT molecular complexity index is 823. The van der Waals surface area contributed by atoms with E-state index in [1.54, 1.807) is 6.20 Å². The molecule has 1 aromatic carbocycles. The molecule has 0 aliphatic carbocycles. The Morgan fingerprint density at radius 1 is 1.32 bits per heavy atom. The van der Waals surface area contributed by atoms with Gasteiger partial charge in [0.25, 0.3) is 0 Å². The first-order chi connectivity index (χ1) is 13.5. The van der Waals surface area contributed by atoms with Gasteiger partial charge in [0.05, 0.1) is 5.41 Å². The topological polar surface area (TPSA) is 70.4 Å². The van der Waals surface area contributed by atoms with Crippen LogP contribution in [0.1, 0.15) is 30.3 Å². The number of carbonyl (C=O) groups is 1. The van der Waals surface area contributed by atoms with Crippen molar-refractivity contribution in [3.05, 3.63) is 53.1 Å². The summed E-state index contributed by atoms with van der Waals surface area (Å²) in [6.07, 6.45) is 5.30. The average molecular weight is 403 g/mol. The number of aliphatic hydroxyl groups excluding tert-OH is 1. The molecule has 2 aromatic rings. The number of aliphatic hydroxyl groups is 1. The molecule has 1 amide bonds. The molecule has 3 heterocycles. The van der Waals surface area contributed by atoms with E-state index in [-0.39, 0.29) is 17.2 Å². The summed E-state index contributed by atoms with van der Waals surface area (Å²) in [7, 11) is 1.90. The first-order valence-corrected chi connectivity index (χ1v) is 10.3. The number of halogens is 1. The number of aromatic nitrogens is 2. The van der Waals surface area contributed by atoms with E-state index in [1.165, 1.54) is 0 Å². The summed E-state index contributed by atoms with van der Waals surface area (Å²) >= 11 is 5.99. The second-order valence-corrected chi connectivity index (χ2v) is 8.59. The zero-order valence-electron chi connectivity index (χ0n) is 16.1. The van der Waals surface area contributed by atoms with Crippen molar-refractivity contribution >= 4 is 17.5 Å². The van der Waals surface area contributed by atoms with Crippen molar-refractivity contribution in [2.24, 2.45) is 18.4 Å². The number of imidazole rings is 1. The number of aryl methyl sites for hydroxylation is 1. The minimum Gasteiger partial charge on any atom is -0.385 e. The monoisotopic (exact) mass is 402 g/mol. The Morgan fingerprint density at radius 3 is 2.54 bits per heavy atom. The highest BCUT2D eigenvalue weighted by Crippen LogP contribution is 2.35. The van der Waals surface area contributed by atoms with Crippen molar-refractivity contribution in [3.8, 4) is 0 Å². The SMILES string of the molecule is Cn1ccnc1C(O)C1CCN(C(=O)C2(Cc3ccc(Cl)cc3)CNC2)CC1. The maximum absolute atomic E-state index is 13.3. The molecule has 1 atom stereocenters. The summed E-state index contributed by atoms with van der Waals surface area (Å²) in [5, 5.41) is 14.7. The van der Waals surface area contributed by atoms with E-state index in [4.69, 9.17) is 11.6 Å². The van der Waals surface area contributed by atoms with Gasteiger partial charge in [-0.15, -0.1) is 0 Å². The minimum absolute atomic E-state index is 0.136. The Kier molecular flexibility index (Phi) is 5.45. The summed E-state index contributed by atoms with van der Waals surface area (Å²) in [6.45, 7) is 2.80. The molecule has 7 heteroatoms. The lowest BCUT2D eigenvalue weighted by atomic mass is 9.74. The maximum atomic E-state index is 13.3. The van der Waals surface area contributed by atoms with Crippen LogP contribution in [0.4, 0.5) is 0 Å². The van der Waals surface area contributed by atoms with Gasteiger partial charge in [-0.05, 0) is 42.9 Å². The highest BCUT2D eigenvalue weighted by Gasteiger charge is 2.47. The van der Waals surface area contributed by atoms with Gasteiger partial charge < -0.3 is 19.9 Å². The van der Waals surface area contributed by atoms with E-state index >= 15 is 0 Å². The van der Waals surface area contributed by atoms with E-state index in [9.17, 15) is 9.90 Å². The van der Waals surface area contributed by atoms with E-state index in [1.807, 2.05) is 47.0 Å². The third-order valence-corrected chi connectivity index (χ3v) is 6.48. The van der Waals surface area contributed by atoms with Gasteiger partial charge in [-0.3, -0.25) is 4.79 Å². The number of hydrogen-bond donors (Lipinski definition) is 2. The van der Waals surface area contributed by atoms with E-state index in [2.05, 4.69) is 10.3 Å². The molecule has 2 aliphatic heterocycles. The standard InChI is InChI=1S/C21H27ClN4O2/c1-25-11-8-24-19(25)18(27)16-6-9-26(10-7-16)20(28)21(13-23-14-21)12-15-2-4-17(22)5-3-15/h2-5,8,11,16,18,23,27H,6-7,9-10,12-14H2,1H3. The molecule has 28 heavy (non-hydrogen) atoms. The van der Waals surface area contributed by atoms with Crippen LogP contribution in [0.15, 0.2) is 36.7 Å². The third-order valence-electron chi connectivity index (χ3n) is 6.23. The molecule has 0 radical (unpaired) electrons. The Labute approximate surface area is 170 Å². The van der Waals surface area contributed by atoms with Crippen LogP contribution in [-0.4, -0.2) is 51.6 Å². The Balaban J connectivity index is 1.39. The van der Waals surface area contributed by atoms with Crippen LogP contribution in [-0.2, 0) is 18.3 Å². The minimum atomic E-state index is -0.578. The number of amides is 1. The molecule has 1 unspecified atom stereocenters. The molecule has 1 aromatic heterocycles.